The highest BCUT2D eigenvalue weighted by molar-refractivity contribution is 5.97. The average Bonchev–Trinajstić information content (AvgIpc) is 2.57. The summed E-state index contributed by atoms with van der Waals surface area (Å²) in [6.45, 7) is 1.71. The van der Waals surface area contributed by atoms with Crippen molar-refractivity contribution in [2.45, 2.75) is 12.8 Å². The van der Waals surface area contributed by atoms with E-state index in [1.54, 1.807) is 9.47 Å². The molecule has 132 valence electrons. The minimum Gasteiger partial charge on any atom is -0.487 e. The number of aromatic carboxylic acids is 1. The molecule has 3 N–H and O–H groups in total. The van der Waals surface area contributed by atoms with E-state index in [0.717, 1.165) is 6.07 Å². The van der Waals surface area contributed by atoms with Gasteiger partial charge in [0.25, 0.3) is 0 Å². The molecule has 8 nitrogen and oxygen atoms in total. The van der Waals surface area contributed by atoms with Crippen LogP contribution >= 0.6 is 0 Å². The second-order valence-corrected chi connectivity index (χ2v) is 6.07. The van der Waals surface area contributed by atoms with E-state index in [4.69, 9.17) is 4.74 Å². The van der Waals surface area contributed by atoms with Crippen LogP contribution < -0.4 is 20.4 Å². The predicted octanol–water partition coefficient (Wildman–Crippen LogP) is -0.0408. The van der Waals surface area contributed by atoms with Crippen molar-refractivity contribution in [2.75, 3.05) is 31.1 Å². The number of aromatic nitrogens is 1. The van der Waals surface area contributed by atoms with Crippen LogP contribution in [0.4, 0.5) is 10.1 Å². The molecular formula is C16H16FN3O5. The lowest BCUT2D eigenvalue weighted by molar-refractivity contribution is 0.0694. The smallest absolute Gasteiger partial charge is 0.341 e. The summed E-state index contributed by atoms with van der Waals surface area (Å²) < 4.78 is 22.1. The Balaban J connectivity index is 2.00. The van der Waals surface area contributed by atoms with Gasteiger partial charge in [0.15, 0.2) is 11.6 Å². The van der Waals surface area contributed by atoms with Crippen LogP contribution in [0.3, 0.4) is 0 Å². The zero-order valence-corrected chi connectivity index (χ0v) is 13.2. The zero-order chi connectivity index (χ0) is 17.7. The molecule has 1 aromatic carbocycles. The normalized spacial score (nSPS) is 19.8. The molecule has 1 fully saturated rings. The van der Waals surface area contributed by atoms with Gasteiger partial charge in [0.1, 0.15) is 24.1 Å². The number of benzene rings is 1. The Labute approximate surface area is 141 Å². The van der Waals surface area contributed by atoms with E-state index in [1.165, 1.54) is 6.20 Å². The van der Waals surface area contributed by atoms with Gasteiger partial charge in [0.05, 0.1) is 24.0 Å². The average molecular weight is 349 g/mol. The Bertz CT molecular complexity index is 942. The Hall–Kier alpha value is -2.65. The van der Waals surface area contributed by atoms with E-state index >= 15 is 0 Å². The molecule has 3 heterocycles. The summed E-state index contributed by atoms with van der Waals surface area (Å²) in [5.74, 6) is -1.81. The molecule has 1 saturated heterocycles. The first kappa shape index (κ1) is 15.9. The molecular weight excluding hydrogens is 333 g/mol. The lowest BCUT2D eigenvalue weighted by Gasteiger charge is -2.35. The summed E-state index contributed by atoms with van der Waals surface area (Å²) in [6, 6.07) is 1.06. The summed E-state index contributed by atoms with van der Waals surface area (Å²) in [6.07, 6.45) is 0.476. The highest BCUT2D eigenvalue weighted by Crippen LogP contribution is 2.40. The van der Waals surface area contributed by atoms with Crippen molar-refractivity contribution in [1.82, 2.24) is 9.88 Å². The minimum atomic E-state index is -1.35. The number of aliphatic hydroxyl groups excluding tert-OH is 1. The number of rotatable bonds is 2. The molecule has 2 aliphatic rings. The van der Waals surface area contributed by atoms with Gasteiger partial charge in [-0.3, -0.25) is 10.1 Å². The van der Waals surface area contributed by atoms with Crippen LogP contribution in [0.1, 0.15) is 10.4 Å². The van der Waals surface area contributed by atoms with Gasteiger partial charge < -0.3 is 24.4 Å². The molecule has 2 aromatic rings. The fourth-order valence-corrected chi connectivity index (χ4v) is 3.43. The lowest BCUT2D eigenvalue weighted by atomic mass is 10.1. The van der Waals surface area contributed by atoms with E-state index in [-0.39, 0.29) is 30.0 Å². The first-order valence-electron chi connectivity index (χ1n) is 7.89. The highest BCUT2D eigenvalue weighted by Gasteiger charge is 2.29. The van der Waals surface area contributed by atoms with Crippen molar-refractivity contribution in [2.24, 2.45) is 0 Å². The summed E-state index contributed by atoms with van der Waals surface area (Å²) in [5.41, 5.74) is -0.573. The molecule has 25 heavy (non-hydrogen) atoms. The van der Waals surface area contributed by atoms with Crippen LogP contribution in [-0.4, -0.2) is 53.2 Å². The van der Waals surface area contributed by atoms with Crippen LogP contribution in [0, 0.1) is 5.82 Å². The van der Waals surface area contributed by atoms with E-state index in [2.05, 4.69) is 5.32 Å². The number of piperazine rings is 1. The molecule has 0 aliphatic carbocycles. The van der Waals surface area contributed by atoms with Gasteiger partial charge >= 0.3 is 5.97 Å². The SMILES string of the molecule is O=C(O)c1cn2c3c(c(N4CCNC(O)C4)c(F)cc3c1=O)OCC2. The molecule has 1 atom stereocenters. The van der Waals surface area contributed by atoms with Crippen LogP contribution in [0.25, 0.3) is 10.9 Å². The zero-order valence-electron chi connectivity index (χ0n) is 13.2. The number of carboxylic acids is 1. The molecule has 1 unspecified atom stereocenters. The third kappa shape index (κ3) is 2.43. The Morgan fingerprint density at radius 1 is 1.40 bits per heavy atom. The number of hydrogen-bond donors (Lipinski definition) is 3. The molecule has 0 saturated carbocycles. The number of hydrogen-bond acceptors (Lipinski definition) is 6. The topological polar surface area (TPSA) is 104 Å². The third-order valence-electron chi connectivity index (χ3n) is 4.52. The number of nitrogens with zero attached hydrogens (tertiary/aromatic N) is 2. The Morgan fingerprint density at radius 2 is 2.20 bits per heavy atom. The maximum atomic E-state index is 14.8. The maximum Gasteiger partial charge on any atom is 0.341 e. The standard InChI is InChI=1S/C16H16FN3O5/c17-10-5-8-12-15(13(10)19-2-1-18-11(21)7-19)25-4-3-20(12)6-9(14(8)22)16(23)24/h5-6,11,18,21H,1-4,7H2,(H,23,24). The second kappa shape index (κ2) is 5.71. The molecule has 0 radical (unpaired) electrons. The molecule has 0 bridgehead atoms. The van der Waals surface area contributed by atoms with E-state index in [0.29, 0.717) is 25.2 Å². The van der Waals surface area contributed by atoms with E-state index in [9.17, 15) is 24.2 Å². The molecule has 0 amide bonds. The van der Waals surface area contributed by atoms with Crippen molar-refractivity contribution in [1.29, 1.82) is 0 Å². The van der Waals surface area contributed by atoms with Crippen molar-refractivity contribution < 1.29 is 24.1 Å². The number of aliphatic hydroxyl groups is 1. The lowest BCUT2D eigenvalue weighted by Crippen LogP contribution is -2.51. The van der Waals surface area contributed by atoms with Gasteiger partial charge in [0.2, 0.25) is 5.43 Å². The van der Waals surface area contributed by atoms with Crippen LogP contribution in [0.5, 0.6) is 5.75 Å². The number of ether oxygens (including phenoxy) is 1. The number of pyridine rings is 1. The molecule has 9 heteroatoms. The van der Waals surface area contributed by atoms with Crippen molar-refractivity contribution in [3.05, 3.63) is 33.9 Å². The van der Waals surface area contributed by atoms with Gasteiger partial charge in [-0.05, 0) is 6.07 Å². The Kier molecular flexibility index (Phi) is 3.62. The quantitative estimate of drug-likeness (QED) is 0.699. The van der Waals surface area contributed by atoms with Crippen LogP contribution in [-0.2, 0) is 6.54 Å². The monoisotopic (exact) mass is 349 g/mol. The second-order valence-electron chi connectivity index (χ2n) is 6.07. The molecule has 4 rings (SSSR count). The molecule has 0 spiro atoms. The molecule has 1 aromatic heterocycles. The fraction of sp³-hybridized carbons (Fsp3) is 0.375. The number of nitrogens with one attached hydrogen (secondary N) is 1. The number of β-amino-alcohol motifs (C(OH)–C–C–N with tert-alkyl or cyclic N) is 1. The largest absolute Gasteiger partial charge is 0.487 e. The van der Waals surface area contributed by atoms with Gasteiger partial charge in [-0.1, -0.05) is 0 Å². The summed E-state index contributed by atoms with van der Waals surface area (Å²) in [4.78, 5) is 25.4. The van der Waals surface area contributed by atoms with Gasteiger partial charge in [0, 0.05) is 19.3 Å². The fourth-order valence-electron chi connectivity index (χ4n) is 3.43. The van der Waals surface area contributed by atoms with Gasteiger partial charge in [-0.25, -0.2) is 9.18 Å². The van der Waals surface area contributed by atoms with Crippen molar-refractivity contribution >= 4 is 22.6 Å². The minimum absolute atomic E-state index is 0.0217. The van der Waals surface area contributed by atoms with Gasteiger partial charge in [-0.15, -0.1) is 0 Å². The van der Waals surface area contributed by atoms with Crippen LogP contribution in [0.2, 0.25) is 0 Å². The van der Waals surface area contributed by atoms with E-state index in [1.807, 2.05) is 0 Å². The molecule has 2 aliphatic heterocycles. The highest BCUT2D eigenvalue weighted by atomic mass is 19.1. The first-order chi connectivity index (χ1) is 12.0. The van der Waals surface area contributed by atoms with E-state index < -0.39 is 29.0 Å². The number of carbonyl (C=O) groups is 1. The van der Waals surface area contributed by atoms with Crippen LogP contribution in [0.15, 0.2) is 17.1 Å². The van der Waals surface area contributed by atoms with Gasteiger partial charge in [-0.2, -0.15) is 0 Å². The third-order valence-corrected chi connectivity index (χ3v) is 4.52. The van der Waals surface area contributed by atoms with Crippen molar-refractivity contribution in [3.8, 4) is 5.75 Å². The summed E-state index contributed by atoms with van der Waals surface area (Å²) in [5, 5.41) is 21.8. The number of anilines is 1. The number of carboxylic acid groups (broad SMARTS) is 1. The summed E-state index contributed by atoms with van der Waals surface area (Å²) in [7, 11) is 0. The number of halogens is 1. The maximum absolute atomic E-state index is 14.8. The Morgan fingerprint density at radius 3 is 2.92 bits per heavy atom. The van der Waals surface area contributed by atoms with Crippen molar-refractivity contribution in [3.63, 3.8) is 0 Å². The predicted molar refractivity (Wildman–Crippen MR) is 86.8 cm³/mol. The first-order valence-corrected chi connectivity index (χ1v) is 7.89. The summed E-state index contributed by atoms with van der Waals surface area (Å²) >= 11 is 0.